The van der Waals surface area contributed by atoms with Crippen LogP contribution in [0.15, 0.2) is 77.5 Å². The van der Waals surface area contributed by atoms with E-state index in [1.54, 1.807) is 54.6 Å². The van der Waals surface area contributed by atoms with Crippen molar-refractivity contribution in [2.45, 2.75) is 12.5 Å². The third-order valence-corrected chi connectivity index (χ3v) is 6.62. The number of nitrogens with zero attached hydrogens (tertiary/aromatic N) is 2. The van der Waals surface area contributed by atoms with Crippen LogP contribution in [-0.4, -0.2) is 23.0 Å². The fraction of sp³-hybridized carbons (Fsp3) is 0.111. The summed E-state index contributed by atoms with van der Waals surface area (Å²) in [6.07, 6.45) is 1.59. The SMILES string of the molecule is COc1cc([N+](=O)[O-])c(C(Cc2c(Cl)cncc2Cl)OC(=O)c2ccccc2)c2c1oc1ccccc12. The highest BCUT2D eigenvalue weighted by Crippen LogP contribution is 2.46. The van der Waals surface area contributed by atoms with Crippen molar-refractivity contribution in [2.75, 3.05) is 7.11 Å². The number of hydrogen-bond acceptors (Lipinski definition) is 7. The lowest BCUT2D eigenvalue weighted by atomic mass is 9.94. The Morgan fingerprint density at radius 1 is 1.08 bits per heavy atom. The van der Waals surface area contributed by atoms with Crippen LogP contribution in [0.25, 0.3) is 21.9 Å². The number of pyridine rings is 1. The number of nitro benzene ring substituents is 1. The van der Waals surface area contributed by atoms with Crippen LogP contribution in [0.4, 0.5) is 5.69 Å². The number of hydrogen-bond donors (Lipinski definition) is 0. The molecule has 5 rings (SSSR count). The van der Waals surface area contributed by atoms with E-state index >= 15 is 0 Å². The molecule has 8 nitrogen and oxygen atoms in total. The van der Waals surface area contributed by atoms with Gasteiger partial charge in [-0.2, -0.15) is 0 Å². The van der Waals surface area contributed by atoms with Crippen LogP contribution in [0, 0.1) is 10.1 Å². The van der Waals surface area contributed by atoms with Gasteiger partial charge in [-0.25, -0.2) is 4.79 Å². The fourth-order valence-corrected chi connectivity index (χ4v) is 4.82. The molecule has 0 amide bonds. The van der Waals surface area contributed by atoms with E-state index in [-0.39, 0.29) is 44.6 Å². The number of furan rings is 1. The molecule has 2 heterocycles. The van der Waals surface area contributed by atoms with Gasteiger partial charge in [-0.15, -0.1) is 0 Å². The molecule has 0 aliphatic rings. The molecule has 0 radical (unpaired) electrons. The van der Waals surface area contributed by atoms with Gasteiger partial charge in [-0.1, -0.05) is 59.6 Å². The molecule has 1 unspecified atom stereocenters. The predicted molar refractivity (Wildman–Crippen MR) is 139 cm³/mol. The molecule has 0 N–H and O–H groups in total. The molecule has 0 fully saturated rings. The summed E-state index contributed by atoms with van der Waals surface area (Å²) >= 11 is 12.8. The van der Waals surface area contributed by atoms with E-state index in [0.29, 0.717) is 21.9 Å². The van der Waals surface area contributed by atoms with Crippen LogP contribution in [0.3, 0.4) is 0 Å². The number of nitro groups is 1. The first-order valence-electron chi connectivity index (χ1n) is 11.1. The Morgan fingerprint density at radius 3 is 2.43 bits per heavy atom. The first-order valence-corrected chi connectivity index (χ1v) is 11.8. The predicted octanol–water partition coefficient (Wildman–Crippen LogP) is 7.35. The summed E-state index contributed by atoms with van der Waals surface area (Å²) in [5.74, 6) is -0.493. The van der Waals surface area contributed by atoms with E-state index in [2.05, 4.69) is 4.98 Å². The summed E-state index contributed by atoms with van der Waals surface area (Å²) in [6, 6.07) is 16.7. The minimum Gasteiger partial charge on any atom is -0.493 e. The van der Waals surface area contributed by atoms with Crippen LogP contribution in [-0.2, 0) is 11.2 Å². The minimum absolute atomic E-state index is 0.0550. The van der Waals surface area contributed by atoms with Crippen molar-refractivity contribution >= 4 is 56.8 Å². The monoisotopic (exact) mass is 536 g/mol. The highest BCUT2D eigenvalue weighted by Gasteiger charge is 2.34. The van der Waals surface area contributed by atoms with Gasteiger partial charge in [0.05, 0.1) is 39.3 Å². The highest BCUT2D eigenvalue weighted by molar-refractivity contribution is 6.35. The quantitative estimate of drug-likeness (QED) is 0.121. The minimum atomic E-state index is -1.17. The lowest BCUT2D eigenvalue weighted by Crippen LogP contribution is -2.16. The number of benzene rings is 3. The molecule has 37 heavy (non-hydrogen) atoms. The van der Waals surface area contributed by atoms with Crippen molar-refractivity contribution in [1.29, 1.82) is 0 Å². The average molecular weight is 537 g/mol. The van der Waals surface area contributed by atoms with Crippen LogP contribution >= 0.6 is 23.2 Å². The number of para-hydroxylation sites is 1. The van der Waals surface area contributed by atoms with Crippen LogP contribution in [0.2, 0.25) is 10.0 Å². The zero-order valence-electron chi connectivity index (χ0n) is 19.3. The number of aromatic nitrogens is 1. The number of esters is 1. The summed E-state index contributed by atoms with van der Waals surface area (Å²) in [5, 5.41) is 13.8. The Balaban J connectivity index is 1.80. The van der Waals surface area contributed by atoms with E-state index in [4.69, 9.17) is 37.1 Å². The molecule has 186 valence electrons. The second-order valence-corrected chi connectivity index (χ2v) is 8.93. The van der Waals surface area contributed by atoms with Crippen molar-refractivity contribution < 1.29 is 23.6 Å². The molecule has 1 atom stereocenters. The lowest BCUT2D eigenvalue weighted by Gasteiger charge is -2.21. The molecule has 0 aliphatic carbocycles. The van der Waals surface area contributed by atoms with E-state index < -0.39 is 17.0 Å². The Labute approximate surface area is 220 Å². The first-order chi connectivity index (χ1) is 17.9. The second kappa shape index (κ2) is 10.1. The smallest absolute Gasteiger partial charge is 0.338 e. The maximum atomic E-state index is 13.2. The van der Waals surface area contributed by atoms with Crippen LogP contribution < -0.4 is 4.74 Å². The van der Waals surface area contributed by atoms with Crippen LogP contribution in [0.1, 0.15) is 27.6 Å². The largest absolute Gasteiger partial charge is 0.493 e. The molecular weight excluding hydrogens is 519 g/mol. The number of methoxy groups -OCH3 is 1. The van der Waals surface area contributed by atoms with Crippen molar-refractivity contribution in [1.82, 2.24) is 4.98 Å². The molecule has 0 spiro atoms. The number of halogens is 2. The molecule has 2 aromatic heterocycles. The molecule has 0 bridgehead atoms. The summed E-state index contributed by atoms with van der Waals surface area (Å²) < 4.78 is 17.4. The molecular formula is C27H18Cl2N2O6. The van der Waals surface area contributed by atoms with Crippen molar-refractivity contribution in [3.8, 4) is 5.75 Å². The van der Waals surface area contributed by atoms with Gasteiger partial charge >= 0.3 is 5.97 Å². The number of rotatable bonds is 7. The van der Waals surface area contributed by atoms with Gasteiger partial charge in [0.1, 0.15) is 11.7 Å². The Bertz CT molecular complexity index is 1630. The standard InChI is InChI=1S/C27H18Cl2N2O6/c1-35-23-12-20(31(33)34)25(24-16-9-5-6-10-21(16)36-26(23)24)22(11-17-18(28)13-30-14-19(17)29)37-27(32)15-7-3-2-4-8-15/h2-10,12-14,22H,11H2,1H3. The number of fused-ring (bicyclic) bond motifs is 3. The fourth-order valence-electron chi connectivity index (χ4n) is 4.30. The van der Waals surface area contributed by atoms with Crippen LogP contribution in [0.5, 0.6) is 5.75 Å². The van der Waals surface area contributed by atoms with Crippen molar-refractivity contribution in [3.63, 3.8) is 0 Å². The van der Waals surface area contributed by atoms with Crippen molar-refractivity contribution in [2.24, 2.45) is 0 Å². The average Bonchev–Trinajstić information content (AvgIpc) is 3.29. The molecule has 0 saturated carbocycles. The van der Waals surface area contributed by atoms with Gasteiger partial charge in [-0.05, 0) is 23.8 Å². The summed E-state index contributed by atoms with van der Waals surface area (Å²) in [5.41, 5.74) is 1.32. The maximum Gasteiger partial charge on any atom is 0.338 e. The summed E-state index contributed by atoms with van der Waals surface area (Å²) in [4.78, 5) is 29.0. The lowest BCUT2D eigenvalue weighted by molar-refractivity contribution is -0.386. The third kappa shape index (κ3) is 4.57. The summed E-state index contributed by atoms with van der Waals surface area (Å²) in [7, 11) is 1.40. The molecule has 3 aromatic carbocycles. The zero-order valence-corrected chi connectivity index (χ0v) is 20.8. The van der Waals surface area contributed by atoms with Gasteiger partial charge in [0, 0.05) is 29.6 Å². The Hall–Kier alpha value is -4.14. The Kier molecular flexibility index (Phi) is 6.69. The molecule has 10 heteroatoms. The number of carbonyl (C=O) groups is 1. The summed E-state index contributed by atoms with van der Waals surface area (Å²) in [6.45, 7) is 0. The number of carbonyl (C=O) groups excluding carboxylic acids is 1. The molecule has 5 aromatic rings. The first kappa shape index (κ1) is 24.5. The zero-order chi connectivity index (χ0) is 26.1. The van der Waals surface area contributed by atoms with Gasteiger partial charge in [0.2, 0.25) is 0 Å². The van der Waals surface area contributed by atoms with E-state index in [0.717, 1.165) is 0 Å². The van der Waals surface area contributed by atoms with E-state index in [1.165, 1.54) is 25.6 Å². The van der Waals surface area contributed by atoms with E-state index in [9.17, 15) is 14.9 Å². The third-order valence-electron chi connectivity index (χ3n) is 5.97. The van der Waals surface area contributed by atoms with E-state index in [1.807, 2.05) is 0 Å². The topological polar surface area (TPSA) is 105 Å². The van der Waals surface area contributed by atoms with Gasteiger partial charge in [0.15, 0.2) is 11.3 Å². The molecule has 0 saturated heterocycles. The number of ether oxygens (including phenoxy) is 2. The highest BCUT2D eigenvalue weighted by atomic mass is 35.5. The van der Waals surface area contributed by atoms with Gasteiger partial charge < -0.3 is 13.9 Å². The second-order valence-electron chi connectivity index (χ2n) is 8.12. The Morgan fingerprint density at radius 2 is 1.76 bits per heavy atom. The van der Waals surface area contributed by atoms with Crippen molar-refractivity contribution in [3.05, 3.63) is 110 Å². The normalized spacial score (nSPS) is 12.0. The van der Waals surface area contributed by atoms with Gasteiger partial charge in [0.25, 0.3) is 5.69 Å². The van der Waals surface area contributed by atoms with Gasteiger partial charge in [-0.3, -0.25) is 15.1 Å². The molecule has 0 aliphatic heterocycles. The maximum absolute atomic E-state index is 13.2.